The van der Waals surface area contributed by atoms with E-state index in [-0.39, 0.29) is 0 Å². The van der Waals surface area contributed by atoms with Gasteiger partial charge in [0.1, 0.15) is 11.6 Å². The number of imidazole rings is 1. The molecule has 18 heavy (non-hydrogen) atoms. The van der Waals surface area contributed by atoms with E-state index in [4.69, 9.17) is 9.72 Å². The molecule has 0 spiro atoms. The van der Waals surface area contributed by atoms with Crippen molar-refractivity contribution in [3.8, 4) is 5.75 Å². The van der Waals surface area contributed by atoms with Crippen molar-refractivity contribution in [2.45, 2.75) is 33.0 Å². The number of benzene rings is 1. The van der Waals surface area contributed by atoms with Crippen LogP contribution in [0.1, 0.15) is 19.7 Å². The monoisotopic (exact) mass is 245 g/mol. The van der Waals surface area contributed by atoms with Crippen molar-refractivity contribution in [2.24, 2.45) is 0 Å². The molecular formula is C14H19N3O. The minimum Gasteiger partial charge on any atom is -0.497 e. The van der Waals surface area contributed by atoms with Gasteiger partial charge in [0, 0.05) is 25.2 Å². The van der Waals surface area contributed by atoms with Gasteiger partial charge in [0.05, 0.1) is 24.7 Å². The molecule has 4 nitrogen and oxygen atoms in total. The molecule has 0 bridgehead atoms. The first kappa shape index (κ1) is 11.5. The fourth-order valence-electron chi connectivity index (χ4n) is 2.59. The molecule has 0 aliphatic carbocycles. The maximum atomic E-state index is 5.25. The third kappa shape index (κ3) is 1.77. The minimum atomic E-state index is 0.577. The Labute approximate surface area is 107 Å². The number of rotatable bonds is 2. The molecule has 0 atom stereocenters. The molecule has 2 aromatic rings. The lowest BCUT2D eigenvalue weighted by Gasteiger charge is -2.30. The van der Waals surface area contributed by atoms with Crippen molar-refractivity contribution in [1.82, 2.24) is 14.5 Å². The van der Waals surface area contributed by atoms with Crippen LogP contribution in [0.5, 0.6) is 5.75 Å². The predicted octanol–water partition coefficient (Wildman–Crippen LogP) is 2.27. The van der Waals surface area contributed by atoms with E-state index in [0.717, 1.165) is 30.9 Å². The Kier molecular flexibility index (Phi) is 2.74. The van der Waals surface area contributed by atoms with E-state index in [9.17, 15) is 0 Å². The first-order valence-corrected chi connectivity index (χ1v) is 6.46. The maximum absolute atomic E-state index is 5.25. The molecule has 0 N–H and O–H groups in total. The fraction of sp³-hybridized carbons (Fsp3) is 0.500. The summed E-state index contributed by atoms with van der Waals surface area (Å²) in [6.45, 7) is 7.54. The van der Waals surface area contributed by atoms with Gasteiger partial charge in [0.25, 0.3) is 0 Å². The molecule has 0 saturated heterocycles. The molecule has 3 rings (SSSR count). The average molecular weight is 245 g/mol. The number of nitrogens with zero attached hydrogens (tertiary/aromatic N) is 3. The summed E-state index contributed by atoms with van der Waals surface area (Å²) in [5.74, 6) is 2.04. The molecule has 1 aromatic heterocycles. The van der Waals surface area contributed by atoms with E-state index >= 15 is 0 Å². The van der Waals surface area contributed by atoms with Gasteiger partial charge in [-0.3, -0.25) is 4.90 Å². The molecule has 1 aliphatic heterocycles. The van der Waals surface area contributed by atoms with Gasteiger partial charge in [-0.05, 0) is 26.0 Å². The van der Waals surface area contributed by atoms with Crippen LogP contribution in [0.25, 0.3) is 11.0 Å². The second-order valence-electron chi connectivity index (χ2n) is 5.10. The topological polar surface area (TPSA) is 30.3 Å². The van der Waals surface area contributed by atoms with Gasteiger partial charge in [-0.25, -0.2) is 4.98 Å². The molecule has 4 heteroatoms. The Morgan fingerprint density at radius 3 is 2.83 bits per heavy atom. The molecule has 0 radical (unpaired) electrons. The lowest BCUT2D eigenvalue weighted by Crippen LogP contribution is -2.38. The normalized spacial score (nSPS) is 16.2. The van der Waals surface area contributed by atoms with E-state index in [0.29, 0.717) is 6.04 Å². The SMILES string of the molecule is COc1ccc2c(c1)nc1n2CCN(C(C)C)C1. The van der Waals surface area contributed by atoms with Crippen LogP contribution in [-0.2, 0) is 13.1 Å². The summed E-state index contributed by atoms with van der Waals surface area (Å²) in [5, 5.41) is 0. The molecule has 1 aliphatic rings. The number of ether oxygens (including phenoxy) is 1. The second-order valence-corrected chi connectivity index (χ2v) is 5.10. The molecular weight excluding hydrogens is 226 g/mol. The highest BCUT2D eigenvalue weighted by molar-refractivity contribution is 5.77. The van der Waals surface area contributed by atoms with E-state index in [1.165, 1.54) is 11.3 Å². The first-order valence-electron chi connectivity index (χ1n) is 6.46. The zero-order chi connectivity index (χ0) is 12.7. The van der Waals surface area contributed by atoms with Crippen molar-refractivity contribution in [1.29, 1.82) is 0 Å². The van der Waals surface area contributed by atoms with Crippen LogP contribution >= 0.6 is 0 Å². The molecule has 2 heterocycles. The zero-order valence-corrected chi connectivity index (χ0v) is 11.2. The van der Waals surface area contributed by atoms with E-state index in [1.807, 2.05) is 12.1 Å². The highest BCUT2D eigenvalue weighted by Crippen LogP contribution is 2.25. The van der Waals surface area contributed by atoms with Gasteiger partial charge in [-0.2, -0.15) is 0 Å². The average Bonchev–Trinajstić information content (AvgIpc) is 2.74. The summed E-state index contributed by atoms with van der Waals surface area (Å²) in [6, 6.07) is 6.70. The van der Waals surface area contributed by atoms with E-state index in [1.54, 1.807) is 7.11 Å². The Hall–Kier alpha value is -1.55. The number of aromatic nitrogens is 2. The third-order valence-electron chi connectivity index (χ3n) is 3.72. The van der Waals surface area contributed by atoms with Gasteiger partial charge in [0.15, 0.2) is 0 Å². The zero-order valence-electron chi connectivity index (χ0n) is 11.2. The van der Waals surface area contributed by atoms with Gasteiger partial charge in [-0.1, -0.05) is 0 Å². The summed E-state index contributed by atoms with van der Waals surface area (Å²) in [7, 11) is 1.69. The highest BCUT2D eigenvalue weighted by Gasteiger charge is 2.21. The van der Waals surface area contributed by atoms with Gasteiger partial charge >= 0.3 is 0 Å². The summed E-state index contributed by atoms with van der Waals surface area (Å²) in [4.78, 5) is 7.19. The lowest BCUT2D eigenvalue weighted by molar-refractivity contribution is 0.175. The van der Waals surface area contributed by atoms with Crippen LogP contribution in [0, 0.1) is 0 Å². The van der Waals surface area contributed by atoms with Crippen LogP contribution in [0.3, 0.4) is 0 Å². The smallest absolute Gasteiger partial charge is 0.124 e. The quantitative estimate of drug-likeness (QED) is 0.813. The predicted molar refractivity (Wildman–Crippen MR) is 71.8 cm³/mol. The van der Waals surface area contributed by atoms with Crippen LogP contribution < -0.4 is 4.74 Å². The largest absolute Gasteiger partial charge is 0.497 e. The number of fused-ring (bicyclic) bond motifs is 3. The second kappa shape index (κ2) is 4.28. The Bertz CT molecular complexity index is 574. The summed E-state index contributed by atoms with van der Waals surface area (Å²) in [5.41, 5.74) is 2.25. The van der Waals surface area contributed by atoms with Crippen LogP contribution in [0.2, 0.25) is 0 Å². The van der Waals surface area contributed by atoms with E-state index in [2.05, 4.69) is 29.4 Å². The first-order chi connectivity index (χ1) is 8.69. The molecule has 0 unspecified atom stereocenters. The van der Waals surface area contributed by atoms with E-state index < -0.39 is 0 Å². The molecule has 1 aromatic carbocycles. The number of hydrogen-bond acceptors (Lipinski definition) is 3. The fourth-order valence-corrected chi connectivity index (χ4v) is 2.59. The van der Waals surface area contributed by atoms with Crippen LogP contribution in [0.4, 0.5) is 0 Å². The Morgan fingerprint density at radius 1 is 1.28 bits per heavy atom. The Balaban J connectivity index is 2.04. The van der Waals surface area contributed by atoms with Crippen molar-refractivity contribution >= 4 is 11.0 Å². The molecule has 96 valence electrons. The third-order valence-corrected chi connectivity index (χ3v) is 3.72. The van der Waals surface area contributed by atoms with Crippen molar-refractivity contribution in [3.63, 3.8) is 0 Å². The van der Waals surface area contributed by atoms with Crippen molar-refractivity contribution < 1.29 is 4.74 Å². The summed E-state index contributed by atoms with van der Waals surface area (Å²) >= 11 is 0. The van der Waals surface area contributed by atoms with Crippen molar-refractivity contribution in [2.75, 3.05) is 13.7 Å². The van der Waals surface area contributed by atoms with Gasteiger partial charge in [-0.15, -0.1) is 0 Å². The summed E-state index contributed by atoms with van der Waals surface area (Å²) in [6.07, 6.45) is 0. The molecule has 0 saturated carbocycles. The van der Waals surface area contributed by atoms with Gasteiger partial charge < -0.3 is 9.30 Å². The molecule has 0 fully saturated rings. The lowest BCUT2D eigenvalue weighted by atomic mass is 10.2. The van der Waals surface area contributed by atoms with Crippen LogP contribution in [-0.4, -0.2) is 34.1 Å². The highest BCUT2D eigenvalue weighted by atomic mass is 16.5. The standard InChI is InChI=1S/C14H19N3O/c1-10(2)16-6-7-17-13-5-4-11(18-3)8-12(13)15-14(17)9-16/h4-5,8,10H,6-7,9H2,1-3H3. The summed E-state index contributed by atoms with van der Waals surface area (Å²) < 4.78 is 7.58. The number of hydrogen-bond donors (Lipinski definition) is 0. The number of methoxy groups -OCH3 is 1. The van der Waals surface area contributed by atoms with Crippen molar-refractivity contribution in [3.05, 3.63) is 24.0 Å². The molecule has 0 amide bonds. The Morgan fingerprint density at radius 2 is 2.11 bits per heavy atom. The van der Waals surface area contributed by atoms with Crippen LogP contribution in [0.15, 0.2) is 18.2 Å². The minimum absolute atomic E-state index is 0.577. The maximum Gasteiger partial charge on any atom is 0.124 e. The van der Waals surface area contributed by atoms with Gasteiger partial charge in [0.2, 0.25) is 0 Å².